The molecule has 0 aliphatic carbocycles. The summed E-state index contributed by atoms with van der Waals surface area (Å²) in [4.78, 5) is 11.5. The summed E-state index contributed by atoms with van der Waals surface area (Å²) in [5.41, 5.74) is 9.56. The summed E-state index contributed by atoms with van der Waals surface area (Å²) in [6.45, 7) is 0.395. The Kier molecular flexibility index (Phi) is 5.75. The lowest BCUT2D eigenvalue weighted by atomic mass is 10.0. The van der Waals surface area contributed by atoms with E-state index in [1.165, 1.54) is 0 Å². The number of carbonyl (C=O) groups is 1. The number of nitrogens with zero attached hydrogens (tertiary/aromatic N) is 1. The van der Waals surface area contributed by atoms with Crippen LogP contribution >= 0.6 is 0 Å². The molecule has 0 spiro atoms. The molecule has 30 heavy (non-hydrogen) atoms. The zero-order chi connectivity index (χ0) is 20.9. The van der Waals surface area contributed by atoms with Crippen LogP contribution in [0.1, 0.15) is 17.5 Å². The van der Waals surface area contributed by atoms with E-state index in [-0.39, 0.29) is 18.2 Å². The van der Waals surface area contributed by atoms with Gasteiger partial charge in [-0.3, -0.25) is 4.79 Å². The number of nitrogens with two attached hydrogens (primary N) is 1. The van der Waals surface area contributed by atoms with Crippen LogP contribution in [0.3, 0.4) is 0 Å². The fourth-order valence-corrected chi connectivity index (χ4v) is 3.82. The first kappa shape index (κ1) is 19.6. The van der Waals surface area contributed by atoms with Gasteiger partial charge in [-0.05, 0) is 29.7 Å². The predicted molar refractivity (Wildman–Crippen MR) is 120 cm³/mol. The van der Waals surface area contributed by atoms with Crippen LogP contribution in [0.25, 0.3) is 28.0 Å². The highest BCUT2D eigenvalue weighted by atomic mass is 19.1. The minimum absolute atomic E-state index is 0.188. The van der Waals surface area contributed by atoms with Gasteiger partial charge >= 0.3 is 0 Å². The average molecular weight is 398 g/mol. The maximum Gasteiger partial charge on any atom is 0.219 e. The lowest BCUT2D eigenvalue weighted by Gasteiger charge is -2.12. The van der Waals surface area contributed by atoms with Crippen molar-refractivity contribution in [2.24, 2.45) is 5.73 Å². The van der Waals surface area contributed by atoms with Crippen molar-refractivity contribution in [2.45, 2.75) is 19.4 Å². The summed E-state index contributed by atoms with van der Waals surface area (Å²) in [5.74, 6) is -0.653. The number of hydrogen-bond donors (Lipinski definition) is 1. The zero-order valence-corrected chi connectivity index (χ0v) is 16.6. The molecule has 150 valence electrons. The fraction of sp³-hybridized carbons (Fsp3) is 0.115. The third kappa shape index (κ3) is 4.03. The first-order valence-electron chi connectivity index (χ1n) is 10.00. The van der Waals surface area contributed by atoms with Crippen LogP contribution in [0, 0.1) is 0 Å². The Balaban J connectivity index is 1.90. The van der Waals surface area contributed by atoms with E-state index in [0.717, 1.165) is 27.7 Å². The first-order chi connectivity index (χ1) is 14.6. The van der Waals surface area contributed by atoms with Crippen molar-refractivity contribution in [3.63, 3.8) is 0 Å². The lowest BCUT2D eigenvalue weighted by Crippen LogP contribution is -2.14. The highest BCUT2D eigenvalue weighted by Crippen LogP contribution is 2.39. The van der Waals surface area contributed by atoms with Crippen molar-refractivity contribution in [3.8, 4) is 11.3 Å². The van der Waals surface area contributed by atoms with Gasteiger partial charge in [0.1, 0.15) is 5.83 Å². The SMILES string of the molecule is NC(=O)CCn1c(-c2ccccc2)c(/C(F)=C/Cc2ccccc2)c2ccccc21. The number of primary amides is 1. The van der Waals surface area contributed by atoms with Crippen LogP contribution in [0.4, 0.5) is 4.39 Å². The maximum atomic E-state index is 15.7. The van der Waals surface area contributed by atoms with E-state index < -0.39 is 0 Å². The van der Waals surface area contributed by atoms with Crippen LogP contribution in [0.5, 0.6) is 0 Å². The molecular weight excluding hydrogens is 375 g/mol. The molecule has 0 atom stereocenters. The molecule has 4 heteroatoms. The molecule has 0 aliphatic rings. The zero-order valence-electron chi connectivity index (χ0n) is 16.6. The minimum atomic E-state index is -0.381. The predicted octanol–water partition coefficient (Wildman–Crippen LogP) is 5.74. The third-order valence-corrected chi connectivity index (χ3v) is 5.20. The fourth-order valence-electron chi connectivity index (χ4n) is 3.82. The number of benzene rings is 3. The molecule has 0 saturated carbocycles. The summed E-state index contributed by atoms with van der Waals surface area (Å²) in [5, 5.41) is 0.822. The molecule has 3 nitrogen and oxygen atoms in total. The van der Waals surface area contributed by atoms with Crippen LogP contribution in [-0.2, 0) is 17.8 Å². The molecule has 0 radical (unpaired) electrons. The molecule has 0 fully saturated rings. The molecule has 1 aromatic heterocycles. The number of hydrogen-bond acceptors (Lipinski definition) is 1. The van der Waals surface area contributed by atoms with Gasteiger partial charge < -0.3 is 10.3 Å². The van der Waals surface area contributed by atoms with Gasteiger partial charge in [-0.2, -0.15) is 0 Å². The van der Waals surface area contributed by atoms with Crippen molar-refractivity contribution >= 4 is 22.6 Å². The van der Waals surface area contributed by atoms with Crippen LogP contribution in [-0.4, -0.2) is 10.5 Å². The van der Waals surface area contributed by atoms with Gasteiger partial charge in [-0.1, -0.05) is 78.9 Å². The molecule has 4 rings (SSSR count). The molecule has 1 heterocycles. The Hall–Kier alpha value is -3.66. The van der Waals surface area contributed by atoms with Gasteiger partial charge in [0, 0.05) is 29.4 Å². The number of halogens is 1. The number of amides is 1. The number of carbonyl (C=O) groups excluding carboxylic acids is 1. The van der Waals surface area contributed by atoms with Crippen molar-refractivity contribution in [1.29, 1.82) is 0 Å². The number of para-hydroxylation sites is 1. The Morgan fingerprint density at radius 2 is 1.53 bits per heavy atom. The monoisotopic (exact) mass is 398 g/mol. The first-order valence-corrected chi connectivity index (χ1v) is 10.00. The average Bonchev–Trinajstić information content (AvgIpc) is 3.12. The van der Waals surface area contributed by atoms with E-state index >= 15 is 4.39 Å². The number of fused-ring (bicyclic) bond motifs is 1. The molecule has 0 unspecified atom stereocenters. The smallest absolute Gasteiger partial charge is 0.219 e. The van der Waals surface area contributed by atoms with Gasteiger partial charge in [0.05, 0.1) is 5.69 Å². The summed E-state index contributed by atoms with van der Waals surface area (Å²) in [6, 6.07) is 27.2. The number of allylic oxidation sites excluding steroid dienone is 1. The summed E-state index contributed by atoms with van der Waals surface area (Å²) in [7, 11) is 0. The van der Waals surface area contributed by atoms with E-state index in [1.807, 2.05) is 89.5 Å². The quantitative estimate of drug-likeness (QED) is 0.424. The molecule has 0 saturated heterocycles. The van der Waals surface area contributed by atoms with Gasteiger partial charge in [0.15, 0.2) is 0 Å². The number of rotatable bonds is 7. The van der Waals surface area contributed by atoms with Gasteiger partial charge in [0.25, 0.3) is 0 Å². The second-order valence-corrected chi connectivity index (χ2v) is 7.22. The van der Waals surface area contributed by atoms with Crippen molar-refractivity contribution in [1.82, 2.24) is 4.57 Å². The van der Waals surface area contributed by atoms with Crippen LogP contribution in [0.15, 0.2) is 91.0 Å². The van der Waals surface area contributed by atoms with E-state index in [1.54, 1.807) is 6.08 Å². The van der Waals surface area contributed by atoms with Crippen LogP contribution < -0.4 is 5.73 Å². The van der Waals surface area contributed by atoms with E-state index in [2.05, 4.69) is 0 Å². The Bertz CT molecular complexity index is 1190. The Labute approximate surface area is 175 Å². The minimum Gasteiger partial charge on any atom is -0.370 e. The van der Waals surface area contributed by atoms with E-state index in [4.69, 9.17) is 5.73 Å². The highest BCUT2D eigenvalue weighted by Gasteiger charge is 2.21. The molecule has 2 N–H and O–H groups in total. The normalized spacial score (nSPS) is 11.7. The van der Waals surface area contributed by atoms with Crippen molar-refractivity contribution in [3.05, 3.63) is 102 Å². The number of aromatic nitrogens is 1. The lowest BCUT2D eigenvalue weighted by molar-refractivity contribution is -0.118. The molecule has 0 bridgehead atoms. The molecular formula is C26H23FN2O. The maximum absolute atomic E-state index is 15.7. The Morgan fingerprint density at radius 1 is 0.900 bits per heavy atom. The molecule has 3 aromatic carbocycles. The second-order valence-electron chi connectivity index (χ2n) is 7.22. The van der Waals surface area contributed by atoms with E-state index in [0.29, 0.717) is 18.5 Å². The molecule has 4 aromatic rings. The van der Waals surface area contributed by atoms with Crippen molar-refractivity contribution in [2.75, 3.05) is 0 Å². The van der Waals surface area contributed by atoms with E-state index in [9.17, 15) is 4.79 Å². The van der Waals surface area contributed by atoms with Crippen molar-refractivity contribution < 1.29 is 9.18 Å². The Morgan fingerprint density at radius 3 is 2.23 bits per heavy atom. The standard InChI is InChI=1S/C26H23FN2O/c27-22(16-15-19-9-3-1-4-10-19)25-21-13-7-8-14-23(21)29(18-17-24(28)30)26(25)20-11-5-2-6-12-20/h1-14,16H,15,17-18H2,(H2,28,30)/b22-16-. The van der Waals surface area contributed by atoms with Gasteiger partial charge in [-0.25, -0.2) is 4.39 Å². The topological polar surface area (TPSA) is 48.0 Å². The van der Waals surface area contributed by atoms with Gasteiger partial charge in [-0.15, -0.1) is 0 Å². The summed E-state index contributed by atoms with van der Waals surface area (Å²) >= 11 is 0. The second kappa shape index (κ2) is 8.78. The third-order valence-electron chi connectivity index (χ3n) is 5.20. The van der Waals surface area contributed by atoms with Gasteiger partial charge in [0.2, 0.25) is 5.91 Å². The van der Waals surface area contributed by atoms with Crippen LogP contribution in [0.2, 0.25) is 0 Å². The summed E-state index contributed by atoms with van der Waals surface area (Å²) < 4.78 is 17.7. The number of aryl methyl sites for hydroxylation is 1. The molecule has 1 amide bonds. The summed E-state index contributed by atoms with van der Waals surface area (Å²) in [6.07, 6.45) is 2.32. The molecule has 0 aliphatic heterocycles. The highest BCUT2D eigenvalue weighted by molar-refractivity contribution is 5.99. The largest absolute Gasteiger partial charge is 0.370 e.